The average molecular weight is 364 g/mol. The number of para-hydroxylation sites is 1. The zero-order chi connectivity index (χ0) is 18.4. The van der Waals surface area contributed by atoms with Gasteiger partial charge >= 0.3 is 0 Å². The quantitative estimate of drug-likeness (QED) is 0.614. The van der Waals surface area contributed by atoms with Crippen LogP contribution in [0.1, 0.15) is 17.4 Å². The van der Waals surface area contributed by atoms with Crippen molar-refractivity contribution in [2.75, 3.05) is 11.9 Å². The van der Waals surface area contributed by atoms with Crippen molar-refractivity contribution in [1.29, 1.82) is 0 Å². The third-order valence-corrected chi connectivity index (χ3v) is 4.59. The van der Waals surface area contributed by atoms with E-state index in [9.17, 15) is 4.79 Å². The molecule has 1 amide bonds. The van der Waals surface area contributed by atoms with Gasteiger partial charge in [-0.15, -0.1) is 11.3 Å². The first-order chi connectivity index (χ1) is 12.7. The van der Waals surface area contributed by atoms with Crippen LogP contribution in [0.25, 0.3) is 17.3 Å². The van der Waals surface area contributed by atoms with Gasteiger partial charge in [0.2, 0.25) is 5.91 Å². The second kappa shape index (κ2) is 8.45. The Kier molecular flexibility index (Phi) is 5.81. The van der Waals surface area contributed by atoms with Crippen LogP contribution < -0.4 is 10.1 Å². The smallest absolute Gasteiger partial charge is 0.250 e. The van der Waals surface area contributed by atoms with E-state index in [-0.39, 0.29) is 5.91 Å². The summed E-state index contributed by atoms with van der Waals surface area (Å²) in [5.41, 5.74) is 2.81. The number of benzene rings is 2. The standard InChI is InChI=1S/C21H20N2O2S/c1-3-25-18-12-8-7-9-16(18)13-14-19(24)22-21-23-20(15(2)26-21)17-10-5-4-6-11-17/h4-14H,3H2,1-2H3,(H,22,23,24). The van der Waals surface area contributed by atoms with Crippen molar-refractivity contribution in [1.82, 2.24) is 4.98 Å². The molecule has 1 heterocycles. The number of ether oxygens (including phenoxy) is 1. The Labute approximate surface area is 157 Å². The molecule has 0 bridgehead atoms. The van der Waals surface area contributed by atoms with E-state index in [0.717, 1.165) is 27.4 Å². The summed E-state index contributed by atoms with van der Waals surface area (Å²) in [6, 6.07) is 17.6. The highest BCUT2D eigenvalue weighted by Crippen LogP contribution is 2.30. The third kappa shape index (κ3) is 4.37. The Balaban J connectivity index is 1.71. The van der Waals surface area contributed by atoms with Crippen LogP contribution in [-0.2, 0) is 4.79 Å². The second-order valence-corrected chi connectivity index (χ2v) is 6.79. The first kappa shape index (κ1) is 17.9. The molecule has 26 heavy (non-hydrogen) atoms. The van der Waals surface area contributed by atoms with Gasteiger partial charge in [-0.2, -0.15) is 0 Å². The van der Waals surface area contributed by atoms with Gasteiger partial charge in [0.05, 0.1) is 12.3 Å². The maximum atomic E-state index is 12.2. The van der Waals surface area contributed by atoms with Crippen molar-refractivity contribution in [2.45, 2.75) is 13.8 Å². The van der Waals surface area contributed by atoms with Gasteiger partial charge in [0, 0.05) is 22.1 Å². The van der Waals surface area contributed by atoms with Gasteiger partial charge in [-0.25, -0.2) is 4.98 Å². The van der Waals surface area contributed by atoms with Crippen molar-refractivity contribution < 1.29 is 9.53 Å². The molecule has 2 aromatic carbocycles. The average Bonchev–Trinajstić information content (AvgIpc) is 3.02. The molecule has 0 unspecified atom stereocenters. The van der Waals surface area contributed by atoms with Gasteiger partial charge in [-0.05, 0) is 26.0 Å². The van der Waals surface area contributed by atoms with Gasteiger partial charge in [-0.3, -0.25) is 10.1 Å². The summed E-state index contributed by atoms with van der Waals surface area (Å²) in [4.78, 5) is 17.9. The fourth-order valence-electron chi connectivity index (χ4n) is 2.53. The predicted molar refractivity (Wildman–Crippen MR) is 108 cm³/mol. The SMILES string of the molecule is CCOc1ccccc1C=CC(=O)Nc1nc(-c2ccccc2)c(C)s1. The molecule has 1 N–H and O–H groups in total. The molecule has 132 valence electrons. The van der Waals surface area contributed by atoms with Crippen molar-refractivity contribution in [3.8, 4) is 17.0 Å². The molecule has 5 heteroatoms. The highest BCUT2D eigenvalue weighted by molar-refractivity contribution is 7.16. The van der Waals surface area contributed by atoms with Crippen LogP contribution in [0, 0.1) is 6.92 Å². The number of nitrogens with one attached hydrogen (secondary N) is 1. The van der Waals surface area contributed by atoms with Crippen LogP contribution in [-0.4, -0.2) is 17.5 Å². The third-order valence-electron chi connectivity index (χ3n) is 3.71. The van der Waals surface area contributed by atoms with Crippen LogP contribution in [0.15, 0.2) is 60.7 Å². The number of hydrogen-bond acceptors (Lipinski definition) is 4. The second-order valence-electron chi connectivity index (χ2n) is 5.58. The molecule has 3 aromatic rings. The number of rotatable bonds is 6. The van der Waals surface area contributed by atoms with Crippen LogP contribution >= 0.6 is 11.3 Å². The number of aryl methyl sites for hydroxylation is 1. The minimum atomic E-state index is -0.218. The van der Waals surface area contributed by atoms with Gasteiger partial charge < -0.3 is 4.74 Å². The van der Waals surface area contributed by atoms with Gasteiger partial charge in [0.15, 0.2) is 5.13 Å². The molecular formula is C21H20N2O2S. The predicted octanol–water partition coefficient (Wildman–Crippen LogP) is 5.17. The van der Waals surface area contributed by atoms with Crippen molar-refractivity contribution >= 4 is 28.5 Å². The Hall–Kier alpha value is -2.92. The summed E-state index contributed by atoms with van der Waals surface area (Å²) in [6.45, 7) is 4.52. The first-order valence-electron chi connectivity index (χ1n) is 8.41. The number of thiazole rings is 1. The van der Waals surface area contributed by atoms with E-state index in [1.165, 1.54) is 17.4 Å². The molecule has 0 saturated heterocycles. The molecule has 0 spiro atoms. The van der Waals surface area contributed by atoms with Crippen molar-refractivity contribution in [3.05, 3.63) is 71.1 Å². The molecule has 1 aromatic heterocycles. The number of anilines is 1. The fourth-order valence-corrected chi connectivity index (χ4v) is 3.37. The molecule has 4 nitrogen and oxygen atoms in total. The van der Waals surface area contributed by atoms with Crippen LogP contribution in [0.4, 0.5) is 5.13 Å². The number of carbonyl (C=O) groups excluding carboxylic acids is 1. The number of nitrogens with zero attached hydrogens (tertiary/aromatic N) is 1. The highest BCUT2D eigenvalue weighted by atomic mass is 32.1. The molecule has 0 radical (unpaired) electrons. The summed E-state index contributed by atoms with van der Waals surface area (Å²) in [7, 11) is 0. The first-order valence-corrected chi connectivity index (χ1v) is 9.22. The minimum absolute atomic E-state index is 0.218. The van der Waals surface area contributed by atoms with E-state index >= 15 is 0 Å². The summed E-state index contributed by atoms with van der Waals surface area (Å²) in [5, 5.41) is 3.43. The molecule has 0 aliphatic heterocycles. The van der Waals surface area contributed by atoms with Crippen LogP contribution in [0.2, 0.25) is 0 Å². The lowest BCUT2D eigenvalue weighted by Gasteiger charge is -2.06. The largest absolute Gasteiger partial charge is 0.493 e. The number of amides is 1. The van der Waals surface area contributed by atoms with Gasteiger partial charge in [0.25, 0.3) is 0 Å². The molecular weight excluding hydrogens is 344 g/mol. The summed E-state index contributed by atoms with van der Waals surface area (Å²) in [5.74, 6) is 0.542. The lowest BCUT2D eigenvalue weighted by Crippen LogP contribution is -2.07. The van der Waals surface area contributed by atoms with E-state index in [1.54, 1.807) is 6.08 Å². The zero-order valence-electron chi connectivity index (χ0n) is 14.7. The molecule has 0 aliphatic carbocycles. The van der Waals surface area contributed by atoms with Crippen LogP contribution in [0.3, 0.4) is 0 Å². The summed E-state index contributed by atoms with van der Waals surface area (Å²) < 4.78 is 5.56. The maximum absolute atomic E-state index is 12.2. The Morgan fingerprint density at radius 2 is 1.88 bits per heavy atom. The van der Waals surface area contributed by atoms with Crippen molar-refractivity contribution in [3.63, 3.8) is 0 Å². The number of carbonyl (C=O) groups is 1. The summed E-state index contributed by atoms with van der Waals surface area (Å²) in [6.07, 6.45) is 3.25. The van der Waals surface area contributed by atoms with Crippen molar-refractivity contribution in [2.24, 2.45) is 0 Å². The van der Waals surface area contributed by atoms with E-state index in [2.05, 4.69) is 10.3 Å². The van der Waals surface area contributed by atoms with E-state index in [4.69, 9.17) is 4.74 Å². The zero-order valence-corrected chi connectivity index (χ0v) is 15.5. The Bertz CT molecular complexity index is 917. The topological polar surface area (TPSA) is 51.2 Å². The molecule has 0 atom stereocenters. The fraction of sp³-hybridized carbons (Fsp3) is 0.143. The molecule has 3 rings (SSSR count). The number of hydrogen-bond donors (Lipinski definition) is 1. The Morgan fingerprint density at radius 3 is 2.65 bits per heavy atom. The lowest BCUT2D eigenvalue weighted by atomic mass is 10.1. The van der Waals surface area contributed by atoms with E-state index < -0.39 is 0 Å². The van der Waals surface area contributed by atoms with Gasteiger partial charge in [-0.1, -0.05) is 48.5 Å². The maximum Gasteiger partial charge on any atom is 0.250 e. The van der Waals surface area contributed by atoms with Crippen LogP contribution in [0.5, 0.6) is 5.75 Å². The molecule has 0 aliphatic rings. The van der Waals surface area contributed by atoms with E-state index in [0.29, 0.717) is 11.7 Å². The molecule has 0 saturated carbocycles. The molecule has 0 fully saturated rings. The summed E-state index contributed by atoms with van der Waals surface area (Å²) >= 11 is 1.47. The van der Waals surface area contributed by atoms with E-state index in [1.807, 2.05) is 68.4 Å². The normalized spacial score (nSPS) is 10.8. The number of aromatic nitrogens is 1. The highest BCUT2D eigenvalue weighted by Gasteiger charge is 2.11. The minimum Gasteiger partial charge on any atom is -0.493 e. The lowest BCUT2D eigenvalue weighted by molar-refractivity contribution is -0.111. The Morgan fingerprint density at radius 1 is 1.15 bits per heavy atom. The monoisotopic (exact) mass is 364 g/mol. The van der Waals surface area contributed by atoms with Gasteiger partial charge in [0.1, 0.15) is 5.75 Å².